The first-order chi connectivity index (χ1) is 18.4. The zero-order chi connectivity index (χ0) is 26.4. The van der Waals surface area contributed by atoms with E-state index in [9.17, 15) is 9.59 Å². The second kappa shape index (κ2) is 9.23. The molecule has 0 saturated carbocycles. The number of carbonyl (C=O) groups is 1. The van der Waals surface area contributed by atoms with Crippen LogP contribution in [0.5, 0.6) is 0 Å². The van der Waals surface area contributed by atoms with Crippen LogP contribution in [-0.4, -0.2) is 34.5 Å². The first kappa shape index (κ1) is 23.5. The van der Waals surface area contributed by atoms with Crippen molar-refractivity contribution in [2.75, 3.05) is 0 Å². The van der Waals surface area contributed by atoms with Gasteiger partial charge in [0.25, 0.3) is 0 Å². The summed E-state index contributed by atoms with van der Waals surface area (Å²) < 4.78 is 5.31. The lowest BCUT2D eigenvalue weighted by atomic mass is 10.0. The summed E-state index contributed by atoms with van der Waals surface area (Å²) in [5, 5.41) is 5.77. The summed E-state index contributed by atoms with van der Waals surface area (Å²) in [7, 11) is 1.72. The number of Topliss-reactive ketones (excluding diaryl/α,β-unsaturated/α-hetero) is 1. The lowest BCUT2D eigenvalue weighted by Gasteiger charge is -2.07. The predicted octanol–water partition coefficient (Wildman–Crippen LogP) is 4.54. The van der Waals surface area contributed by atoms with Gasteiger partial charge in [-0.3, -0.25) is 23.7 Å². The van der Waals surface area contributed by atoms with Gasteiger partial charge in [0.15, 0.2) is 5.78 Å². The topological polar surface area (TPSA) is 87.1 Å². The van der Waals surface area contributed by atoms with Gasteiger partial charge >= 0.3 is 0 Å². The van der Waals surface area contributed by atoms with E-state index in [4.69, 9.17) is 5.10 Å². The number of hydrogen-bond acceptors (Lipinski definition) is 5. The van der Waals surface area contributed by atoms with Crippen LogP contribution < -0.4 is 5.56 Å². The monoisotopic (exact) mass is 502 g/mol. The van der Waals surface area contributed by atoms with Gasteiger partial charge < -0.3 is 4.57 Å². The number of rotatable bonds is 6. The molecule has 8 nitrogen and oxygen atoms in total. The molecule has 0 spiro atoms. The zero-order valence-corrected chi connectivity index (χ0v) is 21.4. The molecular weight excluding hydrogens is 476 g/mol. The van der Waals surface area contributed by atoms with E-state index < -0.39 is 0 Å². The van der Waals surface area contributed by atoms with Crippen molar-refractivity contribution in [2.24, 2.45) is 7.05 Å². The highest BCUT2D eigenvalue weighted by Crippen LogP contribution is 2.26. The van der Waals surface area contributed by atoms with Crippen LogP contribution in [0, 0.1) is 13.8 Å². The third-order valence-electron chi connectivity index (χ3n) is 6.87. The van der Waals surface area contributed by atoms with Crippen LogP contribution in [0.4, 0.5) is 0 Å². The summed E-state index contributed by atoms with van der Waals surface area (Å²) in [6.07, 6.45) is 5.51. The Balaban J connectivity index is 1.30. The first-order valence-electron chi connectivity index (χ1n) is 12.4. The number of aromatic nitrogens is 6. The van der Waals surface area contributed by atoms with Crippen LogP contribution in [0.15, 0.2) is 84.0 Å². The molecule has 0 aliphatic heterocycles. The summed E-state index contributed by atoms with van der Waals surface area (Å²) in [6, 6.07) is 19.2. The molecule has 0 amide bonds. The molecule has 6 aromatic rings. The van der Waals surface area contributed by atoms with Gasteiger partial charge in [0.2, 0.25) is 5.56 Å². The Bertz CT molecular complexity index is 1910. The maximum absolute atomic E-state index is 13.5. The number of benzene rings is 1. The molecule has 8 heteroatoms. The Morgan fingerprint density at radius 3 is 2.63 bits per heavy atom. The molecule has 0 atom stereocenters. The van der Waals surface area contributed by atoms with E-state index in [1.54, 1.807) is 36.1 Å². The minimum Gasteiger partial charge on any atom is -0.318 e. The van der Waals surface area contributed by atoms with Crippen LogP contribution in [0.3, 0.4) is 0 Å². The van der Waals surface area contributed by atoms with E-state index in [-0.39, 0.29) is 17.8 Å². The fourth-order valence-electron chi connectivity index (χ4n) is 5.01. The third kappa shape index (κ3) is 4.20. The molecule has 5 aromatic heterocycles. The maximum atomic E-state index is 13.5. The van der Waals surface area contributed by atoms with Crippen LogP contribution in [0.2, 0.25) is 0 Å². The molecule has 188 valence electrons. The van der Waals surface area contributed by atoms with Crippen molar-refractivity contribution in [2.45, 2.75) is 26.8 Å². The van der Waals surface area contributed by atoms with Gasteiger partial charge in [-0.2, -0.15) is 5.10 Å². The van der Waals surface area contributed by atoms with Gasteiger partial charge in [-0.25, -0.2) is 4.98 Å². The molecule has 38 heavy (non-hydrogen) atoms. The number of ketones is 1. The fraction of sp³-hybridized carbons (Fsp3) is 0.167. The molecule has 0 saturated heterocycles. The van der Waals surface area contributed by atoms with Crippen molar-refractivity contribution in [1.29, 1.82) is 0 Å². The average molecular weight is 503 g/mol. The van der Waals surface area contributed by atoms with Crippen molar-refractivity contribution in [1.82, 2.24) is 28.7 Å². The van der Waals surface area contributed by atoms with E-state index >= 15 is 0 Å². The summed E-state index contributed by atoms with van der Waals surface area (Å²) in [4.78, 5) is 34.3. The van der Waals surface area contributed by atoms with Crippen molar-refractivity contribution >= 4 is 22.3 Å². The molecule has 0 fully saturated rings. The number of hydrogen-bond donors (Lipinski definition) is 0. The molecule has 0 radical (unpaired) electrons. The number of pyridine rings is 3. The smallest absolute Gasteiger partial charge is 0.250 e. The fourth-order valence-corrected chi connectivity index (χ4v) is 5.01. The quantitative estimate of drug-likeness (QED) is 0.312. The van der Waals surface area contributed by atoms with E-state index in [2.05, 4.69) is 9.97 Å². The highest BCUT2D eigenvalue weighted by Gasteiger charge is 2.18. The van der Waals surface area contributed by atoms with Crippen molar-refractivity contribution in [3.05, 3.63) is 118 Å². The normalized spacial score (nSPS) is 11.4. The van der Waals surface area contributed by atoms with E-state index in [1.807, 2.05) is 77.7 Å². The molecule has 0 aliphatic carbocycles. The zero-order valence-electron chi connectivity index (χ0n) is 21.4. The number of fused-ring (bicyclic) bond motifs is 2. The van der Waals surface area contributed by atoms with E-state index in [0.29, 0.717) is 17.9 Å². The molecule has 6 rings (SSSR count). The third-order valence-corrected chi connectivity index (χ3v) is 6.87. The first-order valence-corrected chi connectivity index (χ1v) is 12.4. The maximum Gasteiger partial charge on any atom is 0.250 e. The van der Waals surface area contributed by atoms with Gasteiger partial charge in [-0.15, -0.1) is 0 Å². The number of carbonyl (C=O) groups excluding carboxylic acids is 1. The molecule has 0 bridgehead atoms. The Kier molecular flexibility index (Phi) is 5.72. The SMILES string of the molecule is Cc1cccc(Cn2nc(C)c3c(CC(=O)c4cnc5cc(-c6ccc(=O)n(C)c6)ccn45)cccc32)n1. The standard InChI is InChI=1S/C30H26N6O2/c1-19-6-4-8-24(32-19)18-36-25-9-5-7-22(30(25)20(2)33-36)14-27(37)26-16-31-28-15-21(12-13-35(26)28)23-10-11-29(38)34(3)17-23/h4-13,15-17H,14,18H2,1-3H3. The van der Waals surface area contributed by atoms with Crippen LogP contribution in [0.25, 0.3) is 27.7 Å². The number of imidazole rings is 1. The summed E-state index contributed by atoms with van der Waals surface area (Å²) in [5.74, 6) is -0.0210. The molecule has 0 N–H and O–H groups in total. The van der Waals surface area contributed by atoms with Crippen LogP contribution in [0.1, 0.15) is 33.1 Å². The van der Waals surface area contributed by atoms with Gasteiger partial charge in [0.05, 0.1) is 29.6 Å². The summed E-state index contributed by atoms with van der Waals surface area (Å²) in [5.41, 5.74) is 7.68. The average Bonchev–Trinajstić information content (AvgIpc) is 3.47. The van der Waals surface area contributed by atoms with Crippen molar-refractivity contribution in [3.63, 3.8) is 0 Å². The highest BCUT2D eigenvalue weighted by molar-refractivity contribution is 5.99. The highest BCUT2D eigenvalue weighted by atomic mass is 16.1. The summed E-state index contributed by atoms with van der Waals surface area (Å²) >= 11 is 0. The largest absolute Gasteiger partial charge is 0.318 e. The molecule has 5 heterocycles. The van der Waals surface area contributed by atoms with Gasteiger partial charge in [-0.1, -0.05) is 18.2 Å². The number of aryl methyl sites for hydroxylation is 3. The Labute approximate surface area is 218 Å². The second-order valence-corrected chi connectivity index (χ2v) is 9.58. The van der Waals surface area contributed by atoms with Crippen LogP contribution >= 0.6 is 0 Å². The Morgan fingerprint density at radius 1 is 0.974 bits per heavy atom. The van der Waals surface area contributed by atoms with Crippen molar-refractivity contribution < 1.29 is 4.79 Å². The Hall–Kier alpha value is -4.85. The van der Waals surface area contributed by atoms with E-state index in [0.717, 1.165) is 44.7 Å². The molecular formula is C30H26N6O2. The van der Waals surface area contributed by atoms with Crippen LogP contribution in [-0.2, 0) is 20.0 Å². The minimum atomic E-state index is -0.0637. The van der Waals surface area contributed by atoms with E-state index in [1.165, 1.54) is 0 Å². The van der Waals surface area contributed by atoms with Crippen molar-refractivity contribution in [3.8, 4) is 11.1 Å². The molecule has 0 unspecified atom stereocenters. The predicted molar refractivity (Wildman–Crippen MR) is 146 cm³/mol. The second-order valence-electron chi connectivity index (χ2n) is 9.58. The van der Waals surface area contributed by atoms with Gasteiger partial charge in [0.1, 0.15) is 11.3 Å². The molecule has 1 aromatic carbocycles. The minimum absolute atomic E-state index is 0.0210. The number of nitrogens with zero attached hydrogens (tertiary/aromatic N) is 6. The lowest BCUT2D eigenvalue weighted by Crippen LogP contribution is -2.13. The Morgan fingerprint density at radius 2 is 1.82 bits per heavy atom. The van der Waals surface area contributed by atoms with Gasteiger partial charge in [-0.05, 0) is 66.9 Å². The molecule has 0 aliphatic rings. The summed E-state index contributed by atoms with van der Waals surface area (Å²) in [6.45, 7) is 4.52. The van der Waals surface area contributed by atoms with Gasteiger partial charge in [0, 0.05) is 43.0 Å². The lowest BCUT2D eigenvalue weighted by molar-refractivity contribution is 0.0987.